The molecule has 186 valence electrons. The zero-order valence-electron chi connectivity index (χ0n) is 20.3. The summed E-state index contributed by atoms with van der Waals surface area (Å²) < 4.78 is 10.6. The first-order valence-corrected chi connectivity index (χ1v) is 12.4. The number of carbonyl (C=O) groups excluding carboxylic acids is 2. The van der Waals surface area contributed by atoms with E-state index in [1.807, 2.05) is 0 Å². The molecule has 0 heterocycles. The van der Waals surface area contributed by atoms with E-state index in [4.69, 9.17) is 14.6 Å². The molecule has 0 saturated heterocycles. The number of amides is 1. The maximum absolute atomic E-state index is 12.1. The minimum atomic E-state index is -0.712. The van der Waals surface area contributed by atoms with Gasteiger partial charge in [-0.15, -0.1) is 0 Å². The maximum atomic E-state index is 12.1. The van der Waals surface area contributed by atoms with Gasteiger partial charge in [-0.25, -0.2) is 9.59 Å². The molecule has 1 atom stereocenters. The Morgan fingerprint density at radius 1 is 0.875 bits per heavy atom. The number of ether oxygens (including phenoxy) is 2. The number of carboxylic acid groups (broad SMARTS) is 1. The summed E-state index contributed by atoms with van der Waals surface area (Å²) in [6.07, 6.45) is 14.5. The van der Waals surface area contributed by atoms with Gasteiger partial charge in [0, 0.05) is 12.0 Å². The lowest BCUT2D eigenvalue weighted by molar-refractivity contribution is -0.139. The number of esters is 1. The molecule has 0 rings (SSSR count). The van der Waals surface area contributed by atoms with Crippen LogP contribution in [0.4, 0.5) is 4.79 Å². The highest BCUT2D eigenvalue weighted by Crippen LogP contribution is 2.17. The van der Waals surface area contributed by atoms with E-state index >= 15 is 0 Å². The Hall–Kier alpha value is -2.05. The number of nitrogens with one attached hydrogen (secondary N) is 1. The van der Waals surface area contributed by atoms with Gasteiger partial charge < -0.3 is 19.9 Å². The number of rotatable bonds is 21. The summed E-state index contributed by atoms with van der Waals surface area (Å²) in [5.41, 5.74) is 0.331. The van der Waals surface area contributed by atoms with Crippen LogP contribution in [0, 0.1) is 0 Å². The van der Waals surface area contributed by atoms with Crippen LogP contribution in [-0.4, -0.2) is 42.4 Å². The van der Waals surface area contributed by atoms with Gasteiger partial charge in [0.05, 0.1) is 6.54 Å². The number of hydrogen-bond acceptors (Lipinski definition) is 5. The third kappa shape index (κ3) is 19.9. The van der Waals surface area contributed by atoms with Crippen LogP contribution in [0.2, 0.25) is 0 Å². The molecule has 0 fully saturated rings. The summed E-state index contributed by atoms with van der Waals surface area (Å²) in [4.78, 5) is 33.9. The summed E-state index contributed by atoms with van der Waals surface area (Å²) in [7, 11) is 0. The number of carbonyl (C=O) groups is 3. The molecule has 0 aromatic heterocycles. The minimum Gasteiger partial charge on any atom is -0.481 e. The number of carboxylic acids is 1. The first-order valence-electron chi connectivity index (χ1n) is 12.4. The molecule has 0 bridgehead atoms. The molecular weight excluding hydrogens is 410 g/mol. The average Bonchev–Trinajstić information content (AvgIpc) is 2.74. The van der Waals surface area contributed by atoms with Gasteiger partial charge in [0.15, 0.2) is 0 Å². The quantitative estimate of drug-likeness (QED) is 0.122. The zero-order chi connectivity index (χ0) is 24.0. The first-order chi connectivity index (χ1) is 15.4. The van der Waals surface area contributed by atoms with E-state index in [1.165, 1.54) is 19.3 Å². The van der Waals surface area contributed by atoms with Crippen molar-refractivity contribution in [2.24, 2.45) is 0 Å². The Morgan fingerprint density at radius 2 is 1.41 bits per heavy atom. The SMILES string of the molecule is C=C(C)C(=O)OCCNC(=O)OC(CCCCCC)CCCCCCCCCCC(=O)O. The zero-order valence-corrected chi connectivity index (χ0v) is 20.3. The maximum Gasteiger partial charge on any atom is 0.407 e. The molecule has 0 aliphatic carbocycles. The fourth-order valence-electron chi connectivity index (χ4n) is 3.38. The van der Waals surface area contributed by atoms with Crippen molar-refractivity contribution < 1.29 is 29.0 Å². The molecule has 0 saturated carbocycles. The molecule has 0 radical (unpaired) electrons. The summed E-state index contributed by atoms with van der Waals surface area (Å²) in [6, 6.07) is 0. The molecule has 0 aliphatic heterocycles. The Labute approximate surface area is 194 Å². The molecule has 0 aromatic carbocycles. The fraction of sp³-hybridized carbons (Fsp3) is 0.800. The number of unbranched alkanes of at least 4 members (excludes halogenated alkanes) is 10. The van der Waals surface area contributed by atoms with Crippen molar-refractivity contribution in [1.82, 2.24) is 5.32 Å². The summed E-state index contributed by atoms with van der Waals surface area (Å²) in [6.45, 7) is 7.58. The van der Waals surface area contributed by atoms with Crippen molar-refractivity contribution in [3.8, 4) is 0 Å². The second-order valence-electron chi connectivity index (χ2n) is 8.48. The third-order valence-electron chi connectivity index (χ3n) is 5.27. The number of aliphatic carboxylic acids is 1. The molecule has 0 spiro atoms. The van der Waals surface area contributed by atoms with Crippen LogP contribution in [0.25, 0.3) is 0 Å². The van der Waals surface area contributed by atoms with Crippen molar-refractivity contribution in [2.75, 3.05) is 13.2 Å². The van der Waals surface area contributed by atoms with Gasteiger partial charge in [0.2, 0.25) is 0 Å². The highest BCUT2D eigenvalue weighted by Gasteiger charge is 2.14. The van der Waals surface area contributed by atoms with Crippen molar-refractivity contribution in [1.29, 1.82) is 0 Å². The highest BCUT2D eigenvalue weighted by molar-refractivity contribution is 5.86. The van der Waals surface area contributed by atoms with E-state index in [0.29, 0.717) is 5.57 Å². The summed E-state index contributed by atoms with van der Waals surface area (Å²) in [5, 5.41) is 11.3. The number of alkyl carbamates (subject to hydrolysis) is 1. The predicted octanol–water partition coefficient (Wildman–Crippen LogP) is 6.16. The van der Waals surface area contributed by atoms with E-state index < -0.39 is 18.0 Å². The first kappa shape index (κ1) is 29.9. The van der Waals surface area contributed by atoms with Gasteiger partial charge in [-0.3, -0.25) is 4.79 Å². The molecule has 0 aromatic rings. The van der Waals surface area contributed by atoms with Crippen LogP contribution in [-0.2, 0) is 19.1 Å². The summed E-state index contributed by atoms with van der Waals surface area (Å²) >= 11 is 0. The van der Waals surface area contributed by atoms with E-state index in [2.05, 4.69) is 18.8 Å². The lowest BCUT2D eigenvalue weighted by atomic mass is 10.0. The topological polar surface area (TPSA) is 102 Å². The van der Waals surface area contributed by atoms with Gasteiger partial charge in [-0.05, 0) is 39.0 Å². The van der Waals surface area contributed by atoms with Crippen LogP contribution < -0.4 is 5.32 Å². The third-order valence-corrected chi connectivity index (χ3v) is 5.27. The van der Waals surface area contributed by atoms with Gasteiger partial charge in [-0.2, -0.15) is 0 Å². The molecule has 0 aliphatic rings. The van der Waals surface area contributed by atoms with Gasteiger partial charge >= 0.3 is 18.0 Å². The van der Waals surface area contributed by atoms with Crippen LogP contribution in [0.1, 0.15) is 110 Å². The molecule has 7 nitrogen and oxygen atoms in total. The lowest BCUT2D eigenvalue weighted by Crippen LogP contribution is -2.32. The smallest absolute Gasteiger partial charge is 0.407 e. The number of hydrogen-bond donors (Lipinski definition) is 2. The predicted molar refractivity (Wildman–Crippen MR) is 127 cm³/mol. The van der Waals surface area contributed by atoms with E-state index in [-0.39, 0.29) is 25.7 Å². The molecule has 2 N–H and O–H groups in total. The van der Waals surface area contributed by atoms with Crippen molar-refractivity contribution in [2.45, 2.75) is 116 Å². The molecule has 1 unspecified atom stereocenters. The Morgan fingerprint density at radius 3 is 1.94 bits per heavy atom. The molecule has 32 heavy (non-hydrogen) atoms. The lowest BCUT2D eigenvalue weighted by Gasteiger charge is -2.18. The molecule has 7 heteroatoms. The minimum absolute atomic E-state index is 0.0826. The Bertz CT molecular complexity index is 535. The second-order valence-corrected chi connectivity index (χ2v) is 8.48. The Kier molecular flexibility index (Phi) is 19.5. The monoisotopic (exact) mass is 455 g/mol. The van der Waals surface area contributed by atoms with Gasteiger partial charge in [0.25, 0.3) is 0 Å². The standard InChI is InChI=1S/C25H45NO6/c1-4-5-6-13-16-22(32-25(30)26-19-20-31-24(29)21(2)3)17-14-11-9-7-8-10-12-15-18-23(27)28/h22H,2,4-20H2,1,3H3,(H,26,30)(H,27,28). The molecular formula is C25H45NO6. The highest BCUT2D eigenvalue weighted by atomic mass is 16.6. The van der Waals surface area contributed by atoms with E-state index in [9.17, 15) is 14.4 Å². The second kappa shape index (κ2) is 20.8. The van der Waals surface area contributed by atoms with Crippen LogP contribution in [0.3, 0.4) is 0 Å². The molecule has 1 amide bonds. The average molecular weight is 456 g/mol. The van der Waals surface area contributed by atoms with E-state index in [0.717, 1.165) is 70.6 Å². The van der Waals surface area contributed by atoms with Crippen LogP contribution >= 0.6 is 0 Å². The van der Waals surface area contributed by atoms with Crippen molar-refractivity contribution >= 4 is 18.0 Å². The van der Waals surface area contributed by atoms with Gasteiger partial charge in [0.1, 0.15) is 12.7 Å². The fourth-order valence-corrected chi connectivity index (χ4v) is 3.38. The van der Waals surface area contributed by atoms with Gasteiger partial charge in [-0.1, -0.05) is 71.3 Å². The normalized spacial score (nSPS) is 11.6. The van der Waals surface area contributed by atoms with Crippen LogP contribution in [0.15, 0.2) is 12.2 Å². The Balaban J connectivity index is 4.01. The van der Waals surface area contributed by atoms with Crippen molar-refractivity contribution in [3.63, 3.8) is 0 Å². The van der Waals surface area contributed by atoms with Crippen LogP contribution in [0.5, 0.6) is 0 Å². The largest absolute Gasteiger partial charge is 0.481 e. The van der Waals surface area contributed by atoms with Crippen molar-refractivity contribution in [3.05, 3.63) is 12.2 Å². The van der Waals surface area contributed by atoms with E-state index in [1.54, 1.807) is 6.92 Å². The summed E-state index contributed by atoms with van der Waals surface area (Å²) in [5.74, 6) is -1.18.